The summed E-state index contributed by atoms with van der Waals surface area (Å²) in [4.78, 5) is 0. The zero-order valence-corrected chi connectivity index (χ0v) is 10.2. The third kappa shape index (κ3) is 2.78. The van der Waals surface area contributed by atoms with Crippen LogP contribution in [0.4, 0.5) is 5.69 Å². The van der Waals surface area contributed by atoms with Crippen LogP contribution in [0.15, 0.2) is 54.6 Å². The Kier molecular flexibility index (Phi) is 4.02. The SMILES string of the molecule is Nc1ccccc1C(NCCl)c1ccccc1. The summed E-state index contributed by atoms with van der Waals surface area (Å²) in [6, 6.07) is 18.4. The van der Waals surface area contributed by atoms with Crippen molar-refractivity contribution >= 4 is 17.3 Å². The van der Waals surface area contributed by atoms with Crippen LogP contribution in [0.3, 0.4) is 0 Å². The molecule has 2 rings (SSSR count). The Morgan fingerprint density at radius 3 is 2.29 bits per heavy atom. The number of para-hydroxylation sites is 1. The standard InChI is InChI=1S/C14H15ClN2/c15-10-17-14(11-6-2-1-3-7-11)12-8-4-5-9-13(12)16/h1-9,14,17H,10,16H2. The molecule has 0 radical (unpaired) electrons. The zero-order chi connectivity index (χ0) is 12.1. The zero-order valence-electron chi connectivity index (χ0n) is 9.44. The highest BCUT2D eigenvalue weighted by molar-refractivity contribution is 6.17. The molecule has 0 bridgehead atoms. The Morgan fingerprint density at radius 1 is 1.00 bits per heavy atom. The maximum Gasteiger partial charge on any atom is 0.0720 e. The van der Waals surface area contributed by atoms with E-state index in [9.17, 15) is 0 Å². The van der Waals surface area contributed by atoms with Gasteiger partial charge >= 0.3 is 0 Å². The summed E-state index contributed by atoms with van der Waals surface area (Å²) in [5.74, 6) is 0. The van der Waals surface area contributed by atoms with Gasteiger partial charge in [0.2, 0.25) is 0 Å². The molecule has 0 aliphatic carbocycles. The van der Waals surface area contributed by atoms with Gasteiger partial charge in [0.25, 0.3) is 0 Å². The molecule has 0 saturated heterocycles. The summed E-state index contributed by atoms with van der Waals surface area (Å²) in [7, 11) is 0. The number of nitrogens with two attached hydrogens (primary N) is 1. The lowest BCUT2D eigenvalue weighted by Gasteiger charge is -2.19. The highest BCUT2D eigenvalue weighted by atomic mass is 35.5. The second kappa shape index (κ2) is 5.71. The number of benzene rings is 2. The molecule has 3 N–H and O–H groups in total. The Balaban J connectivity index is 2.39. The lowest BCUT2D eigenvalue weighted by molar-refractivity contribution is 0.675. The van der Waals surface area contributed by atoms with Crippen molar-refractivity contribution in [3.8, 4) is 0 Å². The number of anilines is 1. The van der Waals surface area contributed by atoms with Crippen LogP contribution in [0, 0.1) is 0 Å². The first-order valence-corrected chi connectivity index (χ1v) is 6.05. The van der Waals surface area contributed by atoms with Crippen LogP contribution in [-0.2, 0) is 0 Å². The molecule has 1 unspecified atom stereocenters. The maximum atomic E-state index is 6.01. The molecule has 0 heterocycles. The third-order valence-electron chi connectivity index (χ3n) is 2.72. The van der Waals surface area contributed by atoms with Crippen molar-refractivity contribution in [1.82, 2.24) is 5.32 Å². The van der Waals surface area contributed by atoms with Gasteiger partial charge in [-0.25, -0.2) is 0 Å². The first-order valence-electron chi connectivity index (χ1n) is 5.51. The lowest BCUT2D eigenvalue weighted by Crippen LogP contribution is -2.21. The van der Waals surface area contributed by atoms with Crippen LogP contribution in [0.2, 0.25) is 0 Å². The normalized spacial score (nSPS) is 12.3. The van der Waals surface area contributed by atoms with Gasteiger partial charge in [0, 0.05) is 5.69 Å². The van der Waals surface area contributed by atoms with Crippen LogP contribution in [0.25, 0.3) is 0 Å². The quantitative estimate of drug-likeness (QED) is 0.494. The van der Waals surface area contributed by atoms with Crippen molar-refractivity contribution in [3.63, 3.8) is 0 Å². The van der Waals surface area contributed by atoms with Gasteiger partial charge in [-0.05, 0) is 17.2 Å². The molecule has 17 heavy (non-hydrogen) atoms. The first kappa shape index (κ1) is 12.0. The molecule has 0 amide bonds. The van der Waals surface area contributed by atoms with E-state index in [-0.39, 0.29) is 6.04 Å². The highest BCUT2D eigenvalue weighted by Gasteiger charge is 2.14. The minimum atomic E-state index is 0.0369. The van der Waals surface area contributed by atoms with E-state index in [0.29, 0.717) is 6.00 Å². The summed E-state index contributed by atoms with van der Waals surface area (Å²) in [6.07, 6.45) is 0. The predicted octanol–water partition coefficient (Wildman–Crippen LogP) is 3.14. The van der Waals surface area contributed by atoms with E-state index in [2.05, 4.69) is 17.4 Å². The fourth-order valence-electron chi connectivity index (χ4n) is 1.90. The van der Waals surface area contributed by atoms with Crippen molar-refractivity contribution in [2.75, 3.05) is 11.7 Å². The van der Waals surface area contributed by atoms with Gasteiger partial charge in [0.05, 0.1) is 12.0 Å². The number of rotatable bonds is 4. The van der Waals surface area contributed by atoms with Gasteiger partial charge in [-0.2, -0.15) is 0 Å². The monoisotopic (exact) mass is 246 g/mol. The fourth-order valence-corrected chi connectivity index (χ4v) is 2.06. The van der Waals surface area contributed by atoms with Gasteiger partial charge in [-0.1, -0.05) is 48.5 Å². The summed E-state index contributed by atoms with van der Waals surface area (Å²) in [5.41, 5.74) is 9.00. The van der Waals surface area contributed by atoms with E-state index in [1.54, 1.807) is 0 Å². The van der Waals surface area contributed by atoms with Crippen LogP contribution in [0.5, 0.6) is 0 Å². The summed E-state index contributed by atoms with van der Waals surface area (Å²) in [6.45, 7) is 0. The van der Waals surface area contributed by atoms with E-state index in [0.717, 1.165) is 16.8 Å². The van der Waals surface area contributed by atoms with Crippen molar-refractivity contribution in [2.24, 2.45) is 0 Å². The number of halogens is 1. The molecule has 0 saturated carbocycles. The van der Waals surface area contributed by atoms with Crippen molar-refractivity contribution in [1.29, 1.82) is 0 Å². The predicted molar refractivity (Wildman–Crippen MR) is 73.0 cm³/mol. The number of hydrogen-bond donors (Lipinski definition) is 2. The summed E-state index contributed by atoms with van der Waals surface area (Å²) < 4.78 is 0. The largest absolute Gasteiger partial charge is 0.398 e. The molecule has 88 valence electrons. The second-order valence-corrected chi connectivity index (χ2v) is 4.08. The van der Waals surface area contributed by atoms with Crippen LogP contribution < -0.4 is 11.1 Å². The molecular weight excluding hydrogens is 232 g/mol. The fraction of sp³-hybridized carbons (Fsp3) is 0.143. The van der Waals surface area contributed by atoms with Gasteiger partial charge < -0.3 is 5.73 Å². The number of alkyl halides is 1. The van der Waals surface area contributed by atoms with E-state index in [1.165, 1.54) is 0 Å². The molecule has 3 heteroatoms. The van der Waals surface area contributed by atoms with E-state index in [1.807, 2.05) is 42.5 Å². The minimum absolute atomic E-state index is 0.0369. The van der Waals surface area contributed by atoms with Gasteiger partial charge in [-0.15, -0.1) is 11.6 Å². The Hall–Kier alpha value is -1.51. The van der Waals surface area contributed by atoms with Crippen LogP contribution in [-0.4, -0.2) is 6.00 Å². The van der Waals surface area contributed by atoms with E-state index >= 15 is 0 Å². The van der Waals surface area contributed by atoms with Crippen molar-refractivity contribution in [3.05, 3.63) is 65.7 Å². The van der Waals surface area contributed by atoms with Gasteiger partial charge in [0.1, 0.15) is 0 Å². The molecule has 0 aliphatic heterocycles. The molecule has 0 fully saturated rings. The Labute approximate surface area is 106 Å². The molecule has 0 aliphatic rings. The third-order valence-corrected chi connectivity index (χ3v) is 2.88. The van der Waals surface area contributed by atoms with Crippen molar-refractivity contribution in [2.45, 2.75) is 6.04 Å². The maximum absolute atomic E-state index is 6.01. The molecule has 2 nitrogen and oxygen atoms in total. The number of hydrogen-bond acceptors (Lipinski definition) is 2. The van der Waals surface area contributed by atoms with Crippen LogP contribution >= 0.6 is 11.6 Å². The van der Waals surface area contributed by atoms with Gasteiger partial charge in [0.15, 0.2) is 0 Å². The molecule has 0 spiro atoms. The lowest BCUT2D eigenvalue weighted by atomic mass is 9.97. The first-order chi connectivity index (χ1) is 8.33. The summed E-state index contributed by atoms with van der Waals surface area (Å²) >= 11 is 5.80. The Bertz CT molecular complexity index is 471. The summed E-state index contributed by atoms with van der Waals surface area (Å²) in [5, 5.41) is 3.24. The molecule has 2 aromatic rings. The average molecular weight is 247 g/mol. The molecule has 1 atom stereocenters. The second-order valence-electron chi connectivity index (χ2n) is 3.81. The minimum Gasteiger partial charge on any atom is -0.398 e. The number of nitrogens with one attached hydrogen (secondary N) is 1. The molecule has 2 aromatic carbocycles. The smallest absolute Gasteiger partial charge is 0.0720 e. The number of nitrogen functional groups attached to an aromatic ring is 1. The van der Waals surface area contributed by atoms with Crippen LogP contribution in [0.1, 0.15) is 17.2 Å². The van der Waals surface area contributed by atoms with Gasteiger partial charge in [-0.3, -0.25) is 5.32 Å². The molecule has 0 aromatic heterocycles. The topological polar surface area (TPSA) is 38.0 Å². The molecular formula is C14H15ClN2. The highest BCUT2D eigenvalue weighted by Crippen LogP contribution is 2.26. The van der Waals surface area contributed by atoms with E-state index in [4.69, 9.17) is 17.3 Å². The average Bonchev–Trinajstić information content (AvgIpc) is 2.38. The Morgan fingerprint density at radius 2 is 1.65 bits per heavy atom. The van der Waals surface area contributed by atoms with E-state index < -0.39 is 0 Å². The van der Waals surface area contributed by atoms with Crippen molar-refractivity contribution < 1.29 is 0 Å².